The number of aryl methyl sites for hydroxylation is 2. The van der Waals surface area contributed by atoms with E-state index in [1.165, 1.54) is 12.1 Å². The number of guanidine groups is 1. The highest BCUT2D eigenvalue weighted by Gasteiger charge is 2.17. The van der Waals surface area contributed by atoms with Crippen molar-refractivity contribution < 1.29 is 9.18 Å². The first-order valence-electron chi connectivity index (χ1n) is 8.30. The number of aliphatic imine (C=N–C) groups is 1. The van der Waals surface area contributed by atoms with Crippen LogP contribution in [0.3, 0.4) is 0 Å². The van der Waals surface area contributed by atoms with Gasteiger partial charge in [-0.15, -0.1) is 35.3 Å². The number of primary amides is 1. The van der Waals surface area contributed by atoms with E-state index in [0.29, 0.717) is 25.5 Å². The zero-order valence-electron chi connectivity index (χ0n) is 15.6. The maximum absolute atomic E-state index is 13.0. The maximum atomic E-state index is 13.0. The average Bonchev–Trinajstić information content (AvgIpc) is 2.92. The van der Waals surface area contributed by atoms with Crippen LogP contribution in [0.15, 0.2) is 29.3 Å². The largest absolute Gasteiger partial charge is 0.369 e. The van der Waals surface area contributed by atoms with Crippen molar-refractivity contribution in [2.45, 2.75) is 26.8 Å². The summed E-state index contributed by atoms with van der Waals surface area (Å²) in [5.41, 5.74) is 7.37. The molecule has 148 valence electrons. The van der Waals surface area contributed by atoms with Crippen molar-refractivity contribution in [1.82, 2.24) is 15.6 Å². The summed E-state index contributed by atoms with van der Waals surface area (Å²) in [7, 11) is 1.67. The molecule has 0 spiro atoms. The van der Waals surface area contributed by atoms with E-state index in [1.54, 1.807) is 30.5 Å². The van der Waals surface area contributed by atoms with Crippen LogP contribution in [0.1, 0.15) is 21.1 Å². The summed E-state index contributed by atoms with van der Waals surface area (Å²) >= 11 is 1.64. The van der Waals surface area contributed by atoms with Crippen LogP contribution in [0.25, 0.3) is 0 Å². The molecule has 9 heteroatoms. The molecule has 1 aromatic heterocycles. The molecule has 0 radical (unpaired) electrons. The van der Waals surface area contributed by atoms with E-state index in [0.717, 1.165) is 21.1 Å². The summed E-state index contributed by atoms with van der Waals surface area (Å²) in [6.45, 7) is 4.90. The third-order valence-corrected chi connectivity index (χ3v) is 5.03. The Labute approximate surface area is 179 Å². The fourth-order valence-electron chi connectivity index (χ4n) is 2.52. The predicted octanol–water partition coefficient (Wildman–Crippen LogP) is 2.53. The van der Waals surface area contributed by atoms with Crippen molar-refractivity contribution in [3.63, 3.8) is 0 Å². The first-order chi connectivity index (χ1) is 12.4. The molecular formula is C18H25FIN5OS. The van der Waals surface area contributed by atoms with Crippen LogP contribution >= 0.6 is 35.3 Å². The second kappa shape index (κ2) is 11.2. The Hall–Kier alpha value is -1.75. The van der Waals surface area contributed by atoms with E-state index in [4.69, 9.17) is 5.73 Å². The zero-order valence-corrected chi connectivity index (χ0v) is 18.7. The monoisotopic (exact) mass is 505 g/mol. The Morgan fingerprint density at radius 1 is 1.30 bits per heavy atom. The number of thiazole rings is 1. The second-order valence-corrected chi connectivity index (χ2v) is 7.27. The first-order valence-corrected chi connectivity index (χ1v) is 9.12. The Morgan fingerprint density at radius 3 is 2.48 bits per heavy atom. The number of benzene rings is 1. The van der Waals surface area contributed by atoms with Crippen molar-refractivity contribution in [2.75, 3.05) is 13.6 Å². The molecule has 0 fully saturated rings. The SMILES string of the molecule is CN=C(NCc1sc(C)nc1C)NCC(Cc1ccc(F)cc1)C(N)=O.I. The minimum atomic E-state index is -0.425. The quantitative estimate of drug-likeness (QED) is 0.307. The molecule has 1 aromatic carbocycles. The molecular weight excluding hydrogens is 480 g/mol. The van der Waals surface area contributed by atoms with Gasteiger partial charge >= 0.3 is 0 Å². The lowest BCUT2D eigenvalue weighted by atomic mass is 9.98. The third-order valence-electron chi connectivity index (χ3n) is 3.95. The van der Waals surface area contributed by atoms with Gasteiger partial charge in [-0.25, -0.2) is 9.37 Å². The highest BCUT2D eigenvalue weighted by Crippen LogP contribution is 2.16. The number of nitrogens with one attached hydrogen (secondary N) is 2. The summed E-state index contributed by atoms with van der Waals surface area (Å²) in [6.07, 6.45) is 0.437. The number of amides is 1. The topological polar surface area (TPSA) is 92.4 Å². The molecule has 1 heterocycles. The molecule has 0 saturated heterocycles. The van der Waals surface area contributed by atoms with Crippen molar-refractivity contribution in [3.05, 3.63) is 51.2 Å². The fourth-order valence-corrected chi connectivity index (χ4v) is 3.40. The smallest absolute Gasteiger partial charge is 0.222 e. The third kappa shape index (κ3) is 7.41. The first kappa shape index (κ1) is 23.3. The minimum absolute atomic E-state index is 0. The Kier molecular flexibility index (Phi) is 9.64. The van der Waals surface area contributed by atoms with E-state index in [-0.39, 0.29) is 29.8 Å². The molecule has 0 saturated carbocycles. The number of hydrogen-bond acceptors (Lipinski definition) is 4. The van der Waals surface area contributed by atoms with Gasteiger partial charge in [-0.2, -0.15) is 0 Å². The van der Waals surface area contributed by atoms with Gasteiger partial charge in [-0.05, 0) is 38.0 Å². The molecule has 2 aromatic rings. The van der Waals surface area contributed by atoms with Gasteiger partial charge in [0.05, 0.1) is 23.2 Å². The molecule has 4 N–H and O–H groups in total. The summed E-state index contributed by atoms with van der Waals surface area (Å²) < 4.78 is 13.0. The van der Waals surface area contributed by atoms with Crippen LogP contribution < -0.4 is 16.4 Å². The van der Waals surface area contributed by atoms with Gasteiger partial charge in [0.25, 0.3) is 0 Å². The number of carbonyl (C=O) groups is 1. The molecule has 1 amide bonds. The minimum Gasteiger partial charge on any atom is -0.369 e. The van der Waals surface area contributed by atoms with Crippen molar-refractivity contribution >= 4 is 47.2 Å². The van der Waals surface area contributed by atoms with Crippen LogP contribution in [0.4, 0.5) is 4.39 Å². The van der Waals surface area contributed by atoms with Crippen molar-refractivity contribution in [2.24, 2.45) is 16.6 Å². The van der Waals surface area contributed by atoms with Gasteiger partial charge < -0.3 is 16.4 Å². The standard InChI is InChI=1S/C18H24FN5OS.HI/c1-11-16(26-12(2)24-11)10-23-18(21-3)22-9-14(17(20)25)8-13-4-6-15(19)7-5-13;/h4-7,14H,8-10H2,1-3H3,(H2,20,25)(H2,21,22,23);1H. The summed E-state index contributed by atoms with van der Waals surface area (Å²) in [4.78, 5) is 21.4. The van der Waals surface area contributed by atoms with Gasteiger partial charge in [0.1, 0.15) is 5.82 Å². The van der Waals surface area contributed by atoms with Crippen LogP contribution in [0, 0.1) is 25.6 Å². The van der Waals surface area contributed by atoms with E-state index in [2.05, 4.69) is 20.6 Å². The fraction of sp³-hybridized carbons (Fsp3) is 0.389. The van der Waals surface area contributed by atoms with E-state index >= 15 is 0 Å². The number of rotatable bonds is 7. The maximum Gasteiger partial charge on any atom is 0.222 e. The molecule has 27 heavy (non-hydrogen) atoms. The van der Waals surface area contributed by atoms with Crippen LogP contribution in [-0.4, -0.2) is 30.4 Å². The molecule has 0 aliphatic heterocycles. The summed E-state index contributed by atoms with van der Waals surface area (Å²) in [6, 6.07) is 6.07. The number of carbonyl (C=O) groups excluding carboxylic acids is 1. The number of aromatic nitrogens is 1. The van der Waals surface area contributed by atoms with E-state index in [1.807, 2.05) is 13.8 Å². The molecule has 2 rings (SSSR count). The highest BCUT2D eigenvalue weighted by molar-refractivity contribution is 14.0. The molecule has 0 aliphatic rings. The number of halogens is 2. The number of nitrogens with zero attached hydrogens (tertiary/aromatic N) is 2. The lowest BCUT2D eigenvalue weighted by Crippen LogP contribution is -2.42. The zero-order chi connectivity index (χ0) is 19.1. The van der Waals surface area contributed by atoms with Gasteiger partial charge in [-0.1, -0.05) is 12.1 Å². The lowest BCUT2D eigenvalue weighted by Gasteiger charge is -2.17. The molecule has 1 unspecified atom stereocenters. The Balaban J connectivity index is 0.00000364. The number of hydrogen-bond donors (Lipinski definition) is 3. The molecule has 1 atom stereocenters. The van der Waals surface area contributed by atoms with Gasteiger partial charge in [-0.3, -0.25) is 9.79 Å². The highest BCUT2D eigenvalue weighted by atomic mass is 127. The molecule has 0 aliphatic carbocycles. The van der Waals surface area contributed by atoms with Crippen LogP contribution in [0.2, 0.25) is 0 Å². The second-order valence-electron chi connectivity index (χ2n) is 5.98. The summed E-state index contributed by atoms with van der Waals surface area (Å²) in [5.74, 6) is -0.556. The Morgan fingerprint density at radius 2 is 1.96 bits per heavy atom. The van der Waals surface area contributed by atoms with Crippen molar-refractivity contribution in [3.8, 4) is 0 Å². The van der Waals surface area contributed by atoms with E-state index in [9.17, 15) is 9.18 Å². The van der Waals surface area contributed by atoms with Crippen LogP contribution in [-0.2, 0) is 17.8 Å². The normalized spacial score (nSPS) is 12.2. The molecule has 0 bridgehead atoms. The van der Waals surface area contributed by atoms with Crippen molar-refractivity contribution in [1.29, 1.82) is 0 Å². The Bertz CT molecular complexity index is 779. The summed E-state index contributed by atoms with van der Waals surface area (Å²) in [5, 5.41) is 7.36. The van der Waals surface area contributed by atoms with Gasteiger partial charge in [0.15, 0.2) is 5.96 Å². The van der Waals surface area contributed by atoms with Gasteiger partial charge in [0.2, 0.25) is 5.91 Å². The lowest BCUT2D eigenvalue weighted by molar-refractivity contribution is -0.121. The van der Waals surface area contributed by atoms with E-state index < -0.39 is 11.8 Å². The average molecular weight is 505 g/mol. The number of nitrogens with two attached hydrogens (primary N) is 1. The molecule has 6 nitrogen and oxygen atoms in total. The van der Waals surface area contributed by atoms with Gasteiger partial charge in [0, 0.05) is 18.5 Å². The van der Waals surface area contributed by atoms with Crippen LogP contribution in [0.5, 0.6) is 0 Å². The predicted molar refractivity (Wildman–Crippen MR) is 118 cm³/mol.